The van der Waals surface area contributed by atoms with Crippen LogP contribution >= 0.6 is 15.9 Å². The molecular weight excluding hydrogens is 488 g/mol. The molecule has 0 atom stereocenters. The molecule has 3 aromatic carbocycles. The van der Waals surface area contributed by atoms with Crippen LogP contribution in [0, 0.1) is 11.3 Å². The van der Waals surface area contributed by atoms with Gasteiger partial charge in [0.1, 0.15) is 5.69 Å². The number of nitriles is 1. The van der Waals surface area contributed by atoms with Crippen LogP contribution in [0.1, 0.15) is 36.8 Å². The molecule has 4 rings (SSSR count). The third kappa shape index (κ3) is 4.61. The Morgan fingerprint density at radius 3 is 2.33 bits per heavy atom. The molecule has 0 saturated carbocycles. The van der Waals surface area contributed by atoms with Crippen LogP contribution in [-0.4, -0.2) is 27.9 Å². The topological polar surface area (TPSA) is 135 Å². The van der Waals surface area contributed by atoms with Crippen LogP contribution in [0.4, 0.5) is 11.4 Å². The van der Waals surface area contributed by atoms with Crippen LogP contribution in [0.3, 0.4) is 0 Å². The standard InChI is InChI=1S/C24H15BrN4O4/c25-16-7-5-14(6-8-16)22(30)29-19-3-1-2-15-11-20(27-21(15)19)23(31)28-18-9-4-13(12-26)10-17(18)24(32)33/h1-11,27H,(H,28,31)(H,29,30)(H,32,33). The first-order valence-electron chi connectivity index (χ1n) is 9.63. The molecule has 33 heavy (non-hydrogen) atoms. The van der Waals surface area contributed by atoms with E-state index >= 15 is 0 Å². The highest BCUT2D eigenvalue weighted by molar-refractivity contribution is 9.10. The molecule has 4 aromatic rings. The third-order valence-corrected chi connectivity index (χ3v) is 5.41. The molecule has 0 fully saturated rings. The number of hydrogen-bond donors (Lipinski definition) is 4. The zero-order chi connectivity index (χ0) is 23.5. The molecule has 0 aliphatic carbocycles. The molecule has 0 aliphatic heterocycles. The highest BCUT2D eigenvalue weighted by Crippen LogP contribution is 2.26. The number of nitrogens with zero attached hydrogens (tertiary/aromatic N) is 1. The van der Waals surface area contributed by atoms with Crippen molar-refractivity contribution in [1.82, 2.24) is 4.98 Å². The number of carboxylic acid groups (broad SMARTS) is 1. The quantitative estimate of drug-likeness (QED) is 0.304. The Bertz CT molecular complexity index is 1450. The lowest BCUT2D eigenvalue weighted by molar-refractivity contribution is 0.0697. The summed E-state index contributed by atoms with van der Waals surface area (Å²) in [6, 6.07) is 19.6. The van der Waals surface area contributed by atoms with Gasteiger partial charge in [-0.2, -0.15) is 5.26 Å². The SMILES string of the molecule is N#Cc1ccc(NC(=O)c2cc3cccc(NC(=O)c4ccc(Br)cc4)c3[nH]2)c(C(=O)O)c1. The summed E-state index contributed by atoms with van der Waals surface area (Å²) in [7, 11) is 0. The first-order chi connectivity index (χ1) is 15.9. The van der Waals surface area contributed by atoms with Crippen LogP contribution < -0.4 is 10.6 Å². The van der Waals surface area contributed by atoms with Crippen LogP contribution in [0.25, 0.3) is 10.9 Å². The Morgan fingerprint density at radius 1 is 0.909 bits per heavy atom. The lowest BCUT2D eigenvalue weighted by Crippen LogP contribution is -2.15. The molecule has 162 valence electrons. The normalized spacial score (nSPS) is 10.4. The van der Waals surface area contributed by atoms with Gasteiger partial charge in [0.05, 0.1) is 34.1 Å². The lowest BCUT2D eigenvalue weighted by Gasteiger charge is -2.08. The largest absolute Gasteiger partial charge is 0.478 e. The van der Waals surface area contributed by atoms with Crippen molar-refractivity contribution in [3.8, 4) is 6.07 Å². The molecule has 8 nitrogen and oxygen atoms in total. The molecule has 1 aromatic heterocycles. The van der Waals surface area contributed by atoms with Gasteiger partial charge in [0.25, 0.3) is 11.8 Å². The van der Waals surface area contributed by atoms with Crippen molar-refractivity contribution < 1.29 is 19.5 Å². The van der Waals surface area contributed by atoms with Crippen LogP contribution in [0.5, 0.6) is 0 Å². The number of aromatic nitrogens is 1. The minimum absolute atomic E-state index is 0.0638. The number of aromatic amines is 1. The van der Waals surface area contributed by atoms with Gasteiger partial charge < -0.3 is 20.7 Å². The van der Waals surface area contributed by atoms with Gasteiger partial charge in [0.2, 0.25) is 0 Å². The molecule has 1 heterocycles. The number of halogens is 1. The number of rotatable bonds is 5. The van der Waals surface area contributed by atoms with Gasteiger partial charge in [0.15, 0.2) is 0 Å². The monoisotopic (exact) mass is 502 g/mol. The number of amides is 2. The number of anilines is 2. The van der Waals surface area contributed by atoms with Gasteiger partial charge >= 0.3 is 5.97 Å². The number of fused-ring (bicyclic) bond motifs is 1. The number of aromatic carboxylic acids is 1. The molecule has 4 N–H and O–H groups in total. The Kier molecular flexibility index (Phi) is 5.93. The van der Waals surface area contributed by atoms with E-state index in [2.05, 4.69) is 31.5 Å². The van der Waals surface area contributed by atoms with Crippen molar-refractivity contribution >= 4 is 56.0 Å². The van der Waals surface area contributed by atoms with Crippen molar-refractivity contribution in [2.75, 3.05) is 10.6 Å². The fourth-order valence-electron chi connectivity index (χ4n) is 3.27. The zero-order valence-corrected chi connectivity index (χ0v) is 18.4. The highest BCUT2D eigenvalue weighted by Gasteiger charge is 2.17. The number of benzene rings is 3. The summed E-state index contributed by atoms with van der Waals surface area (Å²) in [5.74, 6) is -2.14. The van der Waals surface area contributed by atoms with Gasteiger partial charge in [-0.3, -0.25) is 9.59 Å². The van der Waals surface area contributed by atoms with E-state index in [1.807, 2.05) is 6.07 Å². The zero-order valence-electron chi connectivity index (χ0n) is 16.8. The van der Waals surface area contributed by atoms with Gasteiger partial charge in [-0.05, 0) is 54.6 Å². The summed E-state index contributed by atoms with van der Waals surface area (Å²) >= 11 is 3.33. The van der Waals surface area contributed by atoms with E-state index in [0.717, 1.165) is 4.47 Å². The first kappa shape index (κ1) is 21.8. The van der Waals surface area contributed by atoms with E-state index in [1.165, 1.54) is 18.2 Å². The van der Waals surface area contributed by atoms with Crippen molar-refractivity contribution in [1.29, 1.82) is 5.26 Å². The maximum absolute atomic E-state index is 12.8. The summed E-state index contributed by atoms with van der Waals surface area (Å²) < 4.78 is 0.856. The number of H-pyrrole nitrogens is 1. The molecular formula is C24H15BrN4O4. The lowest BCUT2D eigenvalue weighted by atomic mass is 10.1. The number of carboxylic acids is 1. The Morgan fingerprint density at radius 2 is 1.64 bits per heavy atom. The van der Waals surface area contributed by atoms with E-state index in [9.17, 15) is 19.5 Å². The number of carbonyl (C=O) groups excluding carboxylic acids is 2. The number of nitrogens with one attached hydrogen (secondary N) is 3. The molecule has 0 radical (unpaired) electrons. The molecule has 2 amide bonds. The molecule has 0 aliphatic rings. The molecule has 0 bridgehead atoms. The molecule has 9 heteroatoms. The highest BCUT2D eigenvalue weighted by atomic mass is 79.9. The Hall–Kier alpha value is -4.42. The number of para-hydroxylation sites is 1. The van der Waals surface area contributed by atoms with Crippen molar-refractivity contribution in [3.05, 3.63) is 93.6 Å². The second kappa shape index (κ2) is 8.98. The fraction of sp³-hybridized carbons (Fsp3) is 0. The number of carbonyl (C=O) groups is 3. The van der Waals surface area contributed by atoms with Crippen molar-refractivity contribution in [2.45, 2.75) is 0 Å². The fourth-order valence-corrected chi connectivity index (χ4v) is 3.53. The average molecular weight is 503 g/mol. The van der Waals surface area contributed by atoms with Gasteiger partial charge in [-0.1, -0.05) is 28.1 Å². The Labute approximate surface area is 196 Å². The van der Waals surface area contributed by atoms with Crippen molar-refractivity contribution in [3.63, 3.8) is 0 Å². The van der Waals surface area contributed by atoms with Crippen LogP contribution in [-0.2, 0) is 0 Å². The van der Waals surface area contributed by atoms with Crippen LogP contribution in [0.2, 0.25) is 0 Å². The summed E-state index contributed by atoms with van der Waals surface area (Å²) in [6.45, 7) is 0. The number of hydrogen-bond acceptors (Lipinski definition) is 4. The van der Waals surface area contributed by atoms with E-state index in [0.29, 0.717) is 22.2 Å². The maximum Gasteiger partial charge on any atom is 0.337 e. The maximum atomic E-state index is 12.8. The second-order valence-electron chi connectivity index (χ2n) is 7.05. The summed E-state index contributed by atoms with van der Waals surface area (Å²) in [6.07, 6.45) is 0. The summed E-state index contributed by atoms with van der Waals surface area (Å²) in [4.78, 5) is 39.9. The van der Waals surface area contributed by atoms with Crippen LogP contribution in [0.15, 0.2) is 71.2 Å². The summed E-state index contributed by atoms with van der Waals surface area (Å²) in [5.41, 5.74) is 1.73. The van der Waals surface area contributed by atoms with Gasteiger partial charge in [-0.15, -0.1) is 0 Å². The molecule has 0 spiro atoms. The smallest absolute Gasteiger partial charge is 0.337 e. The van der Waals surface area contributed by atoms with E-state index in [1.54, 1.807) is 48.5 Å². The third-order valence-electron chi connectivity index (χ3n) is 4.88. The predicted octanol–water partition coefficient (Wildman–Crippen LogP) is 5.00. The van der Waals surface area contributed by atoms with Crippen molar-refractivity contribution in [2.24, 2.45) is 0 Å². The van der Waals surface area contributed by atoms with Gasteiger partial charge in [0, 0.05) is 15.4 Å². The minimum Gasteiger partial charge on any atom is -0.478 e. The second-order valence-corrected chi connectivity index (χ2v) is 7.96. The average Bonchev–Trinajstić information content (AvgIpc) is 3.25. The molecule has 0 unspecified atom stereocenters. The van der Waals surface area contributed by atoms with E-state index in [4.69, 9.17) is 5.26 Å². The van der Waals surface area contributed by atoms with E-state index in [-0.39, 0.29) is 28.4 Å². The first-order valence-corrected chi connectivity index (χ1v) is 10.4. The predicted molar refractivity (Wildman–Crippen MR) is 126 cm³/mol. The van der Waals surface area contributed by atoms with E-state index < -0.39 is 11.9 Å². The Balaban J connectivity index is 1.61. The minimum atomic E-state index is -1.27. The summed E-state index contributed by atoms with van der Waals surface area (Å²) in [5, 5.41) is 24.5. The van der Waals surface area contributed by atoms with Gasteiger partial charge in [-0.25, -0.2) is 4.79 Å². The molecule has 0 saturated heterocycles.